The van der Waals surface area contributed by atoms with E-state index < -0.39 is 0 Å². The zero-order valence-corrected chi connectivity index (χ0v) is 8.38. The highest BCUT2D eigenvalue weighted by Gasteiger charge is 2.06. The molecule has 4 nitrogen and oxygen atoms in total. The number of nitrogens with one attached hydrogen (secondary N) is 2. The number of fused-ring (bicyclic) bond motifs is 1. The minimum Gasteiger partial charge on any atom is -0.384 e. The molecule has 2 rings (SSSR count). The molecule has 0 atom stereocenters. The minimum atomic E-state index is 0.0890. The van der Waals surface area contributed by atoms with Crippen LogP contribution in [0.5, 0.6) is 0 Å². The predicted octanol–water partition coefficient (Wildman–Crippen LogP) is 0.953. The van der Waals surface area contributed by atoms with E-state index in [0.29, 0.717) is 6.54 Å². The zero-order valence-electron chi connectivity index (χ0n) is 8.38. The third-order valence-corrected chi connectivity index (χ3v) is 2.47. The van der Waals surface area contributed by atoms with Crippen LogP contribution in [0.2, 0.25) is 0 Å². The Hall–Kier alpha value is -1.81. The molecule has 0 radical (unpaired) electrons. The van der Waals surface area contributed by atoms with Gasteiger partial charge in [0.15, 0.2) is 0 Å². The maximum absolute atomic E-state index is 7.44. The second kappa shape index (κ2) is 3.74. The average Bonchev–Trinajstić information content (AvgIpc) is 2.61. The molecule has 1 aromatic carbocycles. The van der Waals surface area contributed by atoms with E-state index in [-0.39, 0.29) is 5.84 Å². The molecule has 15 heavy (non-hydrogen) atoms. The third-order valence-electron chi connectivity index (χ3n) is 2.47. The Morgan fingerprint density at radius 1 is 1.40 bits per heavy atom. The van der Waals surface area contributed by atoms with Gasteiger partial charge in [-0.15, -0.1) is 0 Å². The van der Waals surface area contributed by atoms with Gasteiger partial charge in [-0.1, -0.05) is 6.07 Å². The van der Waals surface area contributed by atoms with Gasteiger partial charge in [0.1, 0.15) is 5.84 Å². The number of aromatic amines is 1. The van der Waals surface area contributed by atoms with E-state index >= 15 is 0 Å². The van der Waals surface area contributed by atoms with Crippen molar-refractivity contribution in [2.45, 2.75) is 6.42 Å². The highest BCUT2D eigenvalue weighted by Crippen LogP contribution is 2.19. The normalized spacial score (nSPS) is 10.7. The van der Waals surface area contributed by atoms with Gasteiger partial charge in [0.2, 0.25) is 0 Å². The summed E-state index contributed by atoms with van der Waals surface area (Å²) in [6, 6.07) is 6.07. The standard InChI is InChI=1S/C11H14N4/c12-4-3-7-1-2-10-8(5-7)9(6-15-10)11(13)14/h1-2,5-6,15H,3-4,12H2,(H3,13,14). The van der Waals surface area contributed by atoms with Gasteiger partial charge in [0, 0.05) is 22.7 Å². The van der Waals surface area contributed by atoms with Crippen molar-refractivity contribution in [1.29, 1.82) is 5.41 Å². The van der Waals surface area contributed by atoms with Gasteiger partial charge in [-0.05, 0) is 30.7 Å². The Balaban J connectivity index is 2.56. The predicted molar refractivity (Wildman–Crippen MR) is 62.1 cm³/mol. The van der Waals surface area contributed by atoms with Crippen molar-refractivity contribution in [1.82, 2.24) is 4.98 Å². The van der Waals surface area contributed by atoms with Crippen molar-refractivity contribution >= 4 is 16.7 Å². The maximum Gasteiger partial charge on any atom is 0.124 e. The molecule has 0 amide bonds. The van der Waals surface area contributed by atoms with Crippen LogP contribution in [-0.4, -0.2) is 17.4 Å². The van der Waals surface area contributed by atoms with Crippen molar-refractivity contribution in [2.24, 2.45) is 11.5 Å². The lowest BCUT2D eigenvalue weighted by Gasteiger charge is -2.00. The molecule has 0 unspecified atom stereocenters. The number of amidine groups is 1. The summed E-state index contributed by atoms with van der Waals surface area (Å²) < 4.78 is 0. The Morgan fingerprint density at radius 3 is 2.87 bits per heavy atom. The van der Waals surface area contributed by atoms with Gasteiger partial charge >= 0.3 is 0 Å². The summed E-state index contributed by atoms with van der Waals surface area (Å²) >= 11 is 0. The fourth-order valence-electron chi connectivity index (χ4n) is 1.71. The van der Waals surface area contributed by atoms with Gasteiger partial charge in [-0.2, -0.15) is 0 Å². The summed E-state index contributed by atoms with van der Waals surface area (Å²) in [4.78, 5) is 3.09. The largest absolute Gasteiger partial charge is 0.384 e. The first-order valence-electron chi connectivity index (χ1n) is 4.87. The number of rotatable bonds is 3. The first-order chi connectivity index (χ1) is 7.22. The topological polar surface area (TPSA) is 91.7 Å². The molecule has 0 saturated heterocycles. The molecule has 0 bridgehead atoms. The number of hydrogen-bond donors (Lipinski definition) is 4. The Morgan fingerprint density at radius 2 is 2.20 bits per heavy atom. The number of hydrogen-bond acceptors (Lipinski definition) is 2. The Labute approximate surface area is 87.8 Å². The third kappa shape index (κ3) is 1.71. The second-order valence-corrected chi connectivity index (χ2v) is 3.53. The first-order valence-corrected chi connectivity index (χ1v) is 4.87. The number of aromatic nitrogens is 1. The smallest absolute Gasteiger partial charge is 0.124 e. The molecule has 78 valence electrons. The van der Waals surface area contributed by atoms with Crippen LogP contribution in [-0.2, 0) is 6.42 Å². The molecule has 0 saturated carbocycles. The lowest BCUT2D eigenvalue weighted by Crippen LogP contribution is -2.10. The molecule has 0 aliphatic heterocycles. The summed E-state index contributed by atoms with van der Waals surface area (Å²) in [5.74, 6) is 0.0890. The van der Waals surface area contributed by atoms with Crippen LogP contribution in [0.15, 0.2) is 24.4 Å². The number of nitrogen functional groups attached to an aromatic ring is 1. The van der Waals surface area contributed by atoms with Gasteiger partial charge in [-0.3, -0.25) is 5.41 Å². The van der Waals surface area contributed by atoms with Crippen molar-refractivity contribution in [3.05, 3.63) is 35.5 Å². The lowest BCUT2D eigenvalue weighted by molar-refractivity contribution is 0.971. The molecule has 0 aliphatic rings. The second-order valence-electron chi connectivity index (χ2n) is 3.53. The van der Waals surface area contributed by atoms with Crippen molar-refractivity contribution < 1.29 is 0 Å². The molecule has 6 N–H and O–H groups in total. The fourth-order valence-corrected chi connectivity index (χ4v) is 1.71. The lowest BCUT2D eigenvalue weighted by atomic mass is 10.1. The highest BCUT2D eigenvalue weighted by molar-refractivity contribution is 6.07. The van der Waals surface area contributed by atoms with Crippen LogP contribution in [0.25, 0.3) is 10.9 Å². The summed E-state index contributed by atoms with van der Waals surface area (Å²) in [6.07, 6.45) is 2.61. The van der Waals surface area contributed by atoms with Gasteiger partial charge in [0.05, 0.1) is 0 Å². The SMILES string of the molecule is N=C(N)c1c[nH]c2ccc(CCN)cc12. The molecular weight excluding hydrogens is 188 g/mol. The van der Waals surface area contributed by atoms with Gasteiger partial charge in [0.25, 0.3) is 0 Å². The van der Waals surface area contributed by atoms with Crippen molar-refractivity contribution in [2.75, 3.05) is 6.54 Å². The molecular formula is C11H14N4. The van der Waals surface area contributed by atoms with E-state index in [1.54, 1.807) is 6.20 Å². The highest BCUT2D eigenvalue weighted by atomic mass is 14.7. The van der Waals surface area contributed by atoms with Crippen LogP contribution >= 0.6 is 0 Å². The average molecular weight is 202 g/mol. The van der Waals surface area contributed by atoms with Crippen LogP contribution in [0.3, 0.4) is 0 Å². The van der Waals surface area contributed by atoms with Crippen molar-refractivity contribution in [3.8, 4) is 0 Å². The Kier molecular flexibility index (Phi) is 2.43. The van der Waals surface area contributed by atoms with E-state index in [2.05, 4.69) is 4.98 Å². The summed E-state index contributed by atoms with van der Waals surface area (Å²) in [5.41, 5.74) is 13.9. The fraction of sp³-hybridized carbons (Fsp3) is 0.182. The summed E-state index contributed by atoms with van der Waals surface area (Å²) in [6.45, 7) is 0.630. The van der Waals surface area contributed by atoms with Crippen LogP contribution in [0, 0.1) is 5.41 Å². The van der Waals surface area contributed by atoms with E-state index in [1.165, 1.54) is 5.56 Å². The molecule has 0 fully saturated rings. The van der Waals surface area contributed by atoms with E-state index in [0.717, 1.165) is 22.9 Å². The monoisotopic (exact) mass is 202 g/mol. The summed E-state index contributed by atoms with van der Waals surface area (Å²) in [7, 11) is 0. The molecule has 2 aromatic rings. The minimum absolute atomic E-state index is 0.0890. The Bertz CT molecular complexity index is 498. The first kappa shape index (κ1) is 9.73. The van der Waals surface area contributed by atoms with Crippen LogP contribution < -0.4 is 11.5 Å². The molecule has 0 aliphatic carbocycles. The van der Waals surface area contributed by atoms with Gasteiger partial charge < -0.3 is 16.5 Å². The molecule has 1 aromatic heterocycles. The number of nitrogens with two attached hydrogens (primary N) is 2. The van der Waals surface area contributed by atoms with E-state index in [1.807, 2.05) is 18.2 Å². The maximum atomic E-state index is 7.44. The van der Waals surface area contributed by atoms with Crippen LogP contribution in [0.4, 0.5) is 0 Å². The molecule has 4 heteroatoms. The van der Waals surface area contributed by atoms with Crippen LogP contribution in [0.1, 0.15) is 11.1 Å². The van der Waals surface area contributed by atoms with E-state index in [4.69, 9.17) is 16.9 Å². The summed E-state index contributed by atoms with van der Waals surface area (Å²) in [5, 5.41) is 8.43. The van der Waals surface area contributed by atoms with E-state index in [9.17, 15) is 0 Å². The zero-order chi connectivity index (χ0) is 10.8. The molecule has 1 heterocycles. The number of benzene rings is 1. The number of H-pyrrole nitrogens is 1. The van der Waals surface area contributed by atoms with Gasteiger partial charge in [-0.25, -0.2) is 0 Å². The quantitative estimate of drug-likeness (QED) is 0.441. The molecule has 0 spiro atoms. The van der Waals surface area contributed by atoms with Crippen molar-refractivity contribution in [3.63, 3.8) is 0 Å².